The molecule has 1 aliphatic heterocycles. The predicted octanol–water partition coefficient (Wildman–Crippen LogP) is 2.78. The van der Waals surface area contributed by atoms with E-state index >= 15 is 0 Å². The van der Waals surface area contributed by atoms with Crippen molar-refractivity contribution in [3.8, 4) is 0 Å². The number of aliphatic hydroxyl groups is 1. The maximum absolute atomic E-state index is 9.53. The Morgan fingerprint density at radius 3 is 2.67 bits per heavy atom. The van der Waals surface area contributed by atoms with Gasteiger partial charge in [0.05, 0.1) is 12.6 Å². The average Bonchev–Trinajstić information content (AvgIpc) is 2.58. The minimum atomic E-state index is -0.0401. The highest BCUT2D eigenvalue weighted by atomic mass is 16.3. The van der Waals surface area contributed by atoms with Crippen LogP contribution in [-0.4, -0.2) is 34.3 Å². The molecule has 0 saturated carbocycles. The molecule has 0 radical (unpaired) electrons. The molecular formula is C19H26N4O. The van der Waals surface area contributed by atoms with E-state index in [2.05, 4.69) is 53.3 Å². The molecule has 0 spiro atoms. The number of aryl methyl sites for hydroxylation is 1. The number of nitrogens with one attached hydrogen (secondary N) is 1. The first-order valence-corrected chi connectivity index (χ1v) is 8.61. The zero-order valence-corrected chi connectivity index (χ0v) is 14.7. The van der Waals surface area contributed by atoms with Gasteiger partial charge in [0.15, 0.2) is 0 Å². The highest BCUT2D eigenvalue weighted by Crippen LogP contribution is 2.24. The number of rotatable bonds is 5. The van der Waals surface area contributed by atoms with Gasteiger partial charge in [0.1, 0.15) is 5.82 Å². The third kappa shape index (κ3) is 3.67. The first kappa shape index (κ1) is 16.7. The Labute approximate surface area is 143 Å². The molecule has 1 aromatic heterocycles. The normalized spacial score (nSPS) is 15.3. The average molecular weight is 326 g/mol. The molecule has 0 aliphatic carbocycles. The van der Waals surface area contributed by atoms with Crippen molar-refractivity contribution in [1.82, 2.24) is 9.97 Å². The molecule has 5 nitrogen and oxygen atoms in total. The van der Waals surface area contributed by atoms with Crippen molar-refractivity contribution in [2.24, 2.45) is 5.92 Å². The summed E-state index contributed by atoms with van der Waals surface area (Å²) >= 11 is 0. The fourth-order valence-electron chi connectivity index (χ4n) is 3.06. The zero-order chi connectivity index (χ0) is 17.1. The summed E-state index contributed by atoms with van der Waals surface area (Å²) in [7, 11) is 0. The number of anilines is 2. The van der Waals surface area contributed by atoms with E-state index in [9.17, 15) is 5.11 Å². The Balaban J connectivity index is 1.82. The van der Waals surface area contributed by atoms with Gasteiger partial charge in [-0.1, -0.05) is 38.1 Å². The summed E-state index contributed by atoms with van der Waals surface area (Å²) in [4.78, 5) is 11.5. The molecule has 128 valence electrons. The topological polar surface area (TPSA) is 61.3 Å². The molecule has 1 aliphatic rings. The van der Waals surface area contributed by atoms with Crippen LogP contribution in [-0.2, 0) is 13.0 Å². The van der Waals surface area contributed by atoms with E-state index < -0.39 is 0 Å². The van der Waals surface area contributed by atoms with Gasteiger partial charge in [0.2, 0.25) is 5.95 Å². The quantitative estimate of drug-likeness (QED) is 0.885. The molecule has 2 aromatic rings. The monoisotopic (exact) mass is 326 g/mol. The number of hydrogen-bond acceptors (Lipinski definition) is 5. The van der Waals surface area contributed by atoms with Crippen molar-refractivity contribution in [3.05, 3.63) is 47.2 Å². The first-order valence-electron chi connectivity index (χ1n) is 8.61. The molecule has 0 fully saturated rings. The minimum absolute atomic E-state index is 0.0401. The van der Waals surface area contributed by atoms with Crippen LogP contribution < -0.4 is 10.2 Å². The summed E-state index contributed by atoms with van der Waals surface area (Å²) in [5.41, 5.74) is 3.73. The largest absolute Gasteiger partial charge is 0.394 e. The first-order chi connectivity index (χ1) is 11.6. The van der Waals surface area contributed by atoms with Crippen LogP contribution in [0.2, 0.25) is 0 Å². The minimum Gasteiger partial charge on any atom is -0.394 e. The second kappa shape index (κ2) is 7.18. The van der Waals surface area contributed by atoms with E-state index in [0.29, 0.717) is 11.9 Å². The van der Waals surface area contributed by atoms with Gasteiger partial charge >= 0.3 is 0 Å². The van der Waals surface area contributed by atoms with Gasteiger partial charge in [0, 0.05) is 24.8 Å². The lowest BCUT2D eigenvalue weighted by Crippen LogP contribution is -2.33. The molecular weight excluding hydrogens is 300 g/mol. The van der Waals surface area contributed by atoms with Gasteiger partial charge in [-0.15, -0.1) is 0 Å². The van der Waals surface area contributed by atoms with E-state index in [1.165, 1.54) is 11.1 Å². The van der Waals surface area contributed by atoms with E-state index in [-0.39, 0.29) is 12.6 Å². The second-order valence-electron chi connectivity index (χ2n) is 6.81. The van der Waals surface area contributed by atoms with Crippen molar-refractivity contribution in [3.63, 3.8) is 0 Å². The number of fused-ring (bicyclic) bond motifs is 1. The van der Waals surface area contributed by atoms with Crippen LogP contribution in [0.1, 0.15) is 30.7 Å². The molecule has 2 N–H and O–H groups in total. The molecule has 3 rings (SSSR count). The molecule has 24 heavy (non-hydrogen) atoms. The third-order valence-corrected chi connectivity index (χ3v) is 4.61. The summed E-state index contributed by atoms with van der Waals surface area (Å²) in [6, 6.07) is 10.6. The molecule has 0 amide bonds. The fourth-order valence-corrected chi connectivity index (χ4v) is 3.06. The maximum Gasteiger partial charge on any atom is 0.225 e. The van der Waals surface area contributed by atoms with E-state index in [1.807, 2.05) is 13.0 Å². The molecule has 5 heteroatoms. The van der Waals surface area contributed by atoms with Gasteiger partial charge in [0.25, 0.3) is 0 Å². The predicted molar refractivity (Wildman–Crippen MR) is 97.3 cm³/mol. The van der Waals surface area contributed by atoms with E-state index in [0.717, 1.165) is 31.0 Å². The van der Waals surface area contributed by atoms with Crippen LogP contribution in [0, 0.1) is 12.8 Å². The Bertz CT molecular complexity index is 702. The van der Waals surface area contributed by atoms with Crippen LogP contribution >= 0.6 is 0 Å². The summed E-state index contributed by atoms with van der Waals surface area (Å²) in [6.45, 7) is 8.04. The van der Waals surface area contributed by atoms with Crippen LogP contribution in [0.4, 0.5) is 11.8 Å². The smallest absolute Gasteiger partial charge is 0.225 e. The molecule has 2 heterocycles. The number of aromatic nitrogens is 2. The Hall–Kier alpha value is -2.14. The van der Waals surface area contributed by atoms with Crippen molar-refractivity contribution in [1.29, 1.82) is 0 Å². The van der Waals surface area contributed by atoms with Crippen molar-refractivity contribution in [2.75, 3.05) is 23.4 Å². The fraction of sp³-hybridized carbons (Fsp3) is 0.474. The van der Waals surface area contributed by atoms with Gasteiger partial charge in [-0.3, -0.25) is 0 Å². The molecule has 0 bridgehead atoms. The van der Waals surface area contributed by atoms with Gasteiger partial charge in [-0.05, 0) is 30.4 Å². The number of benzene rings is 1. The Kier molecular flexibility index (Phi) is 5.00. The lowest BCUT2D eigenvalue weighted by Gasteiger charge is -2.30. The summed E-state index contributed by atoms with van der Waals surface area (Å²) < 4.78 is 0. The number of nitrogens with zero attached hydrogens (tertiary/aromatic N) is 3. The summed E-state index contributed by atoms with van der Waals surface area (Å²) in [6.07, 6.45) is 1.03. The highest BCUT2D eigenvalue weighted by Gasteiger charge is 2.19. The zero-order valence-electron chi connectivity index (χ0n) is 14.7. The van der Waals surface area contributed by atoms with Crippen LogP contribution in [0.3, 0.4) is 0 Å². The van der Waals surface area contributed by atoms with Crippen molar-refractivity contribution >= 4 is 11.8 Å². The molecule has 0 saturated heterocycles. The lowest BCUT2D eigenvalue weighted by atomic mass is 10.00. The number of hydrogen-bond donors (Lipinski definition) is 2. The van der Waals surface area contributed by atoms with Crippen LogP contribution in [0.5, 0.6) is 0 Å². The molecule has 0 unspecified atom stereocenters. The summed E-state index contributed by atoms with van der Waals surface area (Å²) in [5, 5.41) is 12.8. The van der Waals surface area contributed by atoms with Crippen LogP contribution in [0.15, 0.2) is 30.3 Å². The van der Waals surface area contributed by atoms with E-state index in [4.69, 9.17) is 4.98 Å². The molecule has 1 atom stereocenters. The third-order valence-electron chi connectivity index (χ3n) is 4.61. The number of aliphatic hydroxyl groups excluding tert-OH is 1. The highest BCUT2D eigenvalue weighted by molar-refractivity contribution is 5.48. The summed E-state index contributed by atoms with van der Waals surface area (Å²) in [5.74, 6) is 1.85. The van der Waals surface area contributed by atoms with Crippen molar-refractivity contribution < 1.29 is 5.11 Å². The van der Waals surface area contributed by atoms with Gasteiger partial charge in [-0.25, -0.2) is 4.98 Å². The Morgan fingerprint density at radius 1 is 1.21 bits per heavy atom. The lowest BCUT2D eigenvalue weighted by molar-refractivity contribution is 0.248. The van der Waals surface area contributed by atoms with Crippen LogP contribution in [0.25, 0.3) is 0 Å². The SMILES string of the molecule is Cc1cc(N2CCc3ccccc3C2)nc(N[C@@H](CO)C(C)C)n1. The van der Waals surface area contributed by atoms with Gasteiger partial charge < -0.3 is 15.3 Å². The standard InChI is InChI=1S/C19H26N4O/c1-13(2)17(12-24)21-19-20-14(3)10-18(22-19)23-9-8-15-6-4-5-7-16(15)11-23/h4-7,10,13,17,24H,8-9,11-12H2,1-3H3,(H,20,21,22)/t17-/m0/s1. The second-order valence-corrected chi connectivity index (χ2v) is 6.81. The van der Waals surface area contributed by atoms with Gasteiger partial charge in [-0.2, -0.15) is 4.98 Å². The Morgan fingerprint density at radius 2 is 1.96 bits per heavy atom. The van der Waals surface area contributed by atoms with Crippen molar-refractivity contribution in [2.45, 2.75) is 39.8 Å². The van der Waals surface area contributed by atoms with E-state index in [1.54, 1.807) is 0 Å². The maximum atomic E-state index is 9.53. The molecule has 1 aromatic carbocycles.